The lowest BCUT2D eigenvalue weighted by Gasteiger charge is -2.61. The molecule has 9 rings (SSSR count). The highest BCUT2D eigenvalue weighted by Crippen LogP contribution is 2.63. The van der Waals surface area contributed by atoms with Gasteiger partial charge in [-0.2, -0.15) is 0 Å². The monoisotopic (exact) mass is 505 g/mol. The molecule has 0 radical (unpaired) electrons. The summed E-state index contributed by atoms with van der Waals surface area (Å²) >= 11 is 0. The van der Waals surface area contributed by atoms with Gasteiger partial charge in [-0.05, 0) is 68.3 Å². The van der Waals surface area contributed by atoms with Gasteiger partial charge in [-0.1, -0.05) is 0 Å². The zero-order valence-corrected chi connectivity index (χ0v) is 20.8. The third-order valence-electron chi connectivity index (χ3n) is 9.88. The van der Waals surface area contributed by atoms with Crippen LogP contribution in [0.3, 0.4) is 0 Å². The standard InChI is InChI=1S/C26H33F2N3O3S/c27-24-9-16-10-25(28,13-24)15-26(11-16,14-24)30-22-21-18-3-1-17(2-4-18)20(21)19(12-29-22)23(32)31-5-7-35(33,34)8-6-31/h12,16-18H,1-11,13-15H2,(H,29,30). The number of sulfone groups is 1. The molecule has 7 aliphatic carbocycles. The summed E-state index contributed by atoms with van der Waals surface area (Å²) in [4.78, 5) is 19.9. The van der Waals surface area contributed by atoms with Gasteiger partial charge in [0.1, 0.15) is 17.2 Å². The summed E-state index contributed by atoms with van der Waals surface area (Å²) in [5.41, 5.74) is -0.769. The van der Waals surface area contributed by atoms with Crippen LogP contribution in [0, 0.1) is 5.92 Å². The van der Waals surface area contributed by atoms with Crippen LogP contribution in [0.25, 0.3) is 0 Å². The Labute approximate surface area is 205 Å². The van der Waals surface area contributed by atoms with Crippen molar-refractivity contribution >= 4 is 21.6 Å². The Morgan fingerprint density at radius 3 is 2.14 bits per heavy atom. The number of nitrogens with zero attached hydrogens (tertiary/aromatic N) is 2. The molecule has 1 amide bonds. The molecule has 1 aromatic rings. The lowest BCUT2D eigenvalue weighted by Crippen LogP contribution is -2.65. The summed E-state index contributed by atoms with van der Waals surface area (Å²) in [5, 5.41) is 3.61. The van der Waals surface area contributed by atoms with E-state index in [1.165, 1.54) is 0 Å². The molecule has 8 aliphatic rings. The smallest absolute Gasteiger partial charge is 0.255 e. The van der Waals surface area contributed by atoms with Crippen molar-refractivity contribution in [3.63, 3.8) is 0 Å². The van der Waals surface area contributed by atoms with Gasteiger partial charge in [-0.15, -0.1) is 0 Å². The summed E-state index contributed by atoms with van der Waals surface area (Å²) in [6.07, 6.45) is 8.19. The van der Waals surface area contributed by atoms with Crippen LogP contribution in [0.1, 0.15) is 97.5 Å². The Morgan fingerprint density at radius 1 is 0.943 bits per heavy atom. The maximum Gasteiger partial charge on any atom is 0.255 e. The summed E-state index contributed by atoms with van der Waals surface area (Å²) in [6, 6.07) is 0. The van der Waals surface area contributed by atoms with Crippen molar-refractivity contribution in [2.75, 3.05) is 29.9 Å². The van der Waals surface area contributed by atoms with Gasteiger partial charge >= 0.3 is 0 Å². The Balaban J connectivity index is 1.25. The molecule has 2 heterocycles. The molecule has 1 saturated heterocycles. The number of pyridine rings is 1. The average Bonchev–Trinajstić information content (AvgIpc) is 2.77. The maximum absolute atomic E-state index is 15.6. The molecule has 9 heteroatoms. The molecule has 1 aromatic heterocycles. The van der Waals surface area contributed by atoms with Crippen LogP contribution < -0.4 is 5.32 Å². The minimum Gasteiger partial charge on any atom is -0.364 e. The number of hydrogen-bond acceptors (Lipinski definition) is 5. The molecular formula is C26H33F2N3O3S. The highest BCUT2D eigenvalue weighted by molar-refractivity contribution is 7.91. The van der Waals surface area contributed by atoms with Crippen LogP contribution in [0.5, 0.6) is 0 Å². The maximum atomic E-state index is 15.6. The van der Waals surface area contributed by atoms with Gasteiger partial charge in [-0.25, -0.2) is 22.2 Å². The van der Waals surface area contributed by atoms with Crippen molar-refractivity contribution in [3.8, 4) is 0 Å². The van der Waals surface area contributed by atoms with Crippen molar-refractivity contribution < 1.29 is 22.0 Å². The second kappa shape index (κ2) is 7.17. The third-order valence-corrected chi connectivity index (χ3v) is 11.5. The summed E-state index contributed by atoms with van der Waals surface area (Å²) in [6.45, 7) is 0.428. The van der Waals surface area contributed by atoms with E-state index in [1.54, 1.807) is 11.1 Å². The molecule has 1 N–H and O–H groups in total. The summed E-state index contributed by atoms with van der Waals surface area (Å²) in [5.74, 6) is 1.23. The number of fused-ring (bicyclic) bond motifs is 2. The Morgan fingerprint density at radius 2 is 1.54 bits per heavy atom. The van der Waals surface area contributed by atoms with Crippen molar-refractivity contribution in [1.82, 2.24) is 9.88 Å². The molecule has 2 atom stereocenters. The van der Waals surface area contributed by atoms with Crippen LogP contribution >= 0.6 is 0 Å². The second-order valence-electron chi connectivity index (χ2n) is 12.6. The van der Waals surface area contributed by atoms with Crippen molar-refractivity contribution in [2.45, 2.75) is 92.9 Å². The first-order valence-corrected chi connectivity index (χ1v) is 15.1. The SMILES string of the molecule is O=C(c1cnc(NC23CC4CC(F)(CC(F)(C4)C2)C3)c2c1C1CCC2CC1)N1CCS(=O)(=O)CC1. The van der Waals surface area contributed by atoms with Gasteiger partial charge < -0.3 is 10.2 Å². The first kappa shape index (κ1) is 22.4. The van der Waals surface area contributed by atoms with Crippen molar-refractivity contribution in [1.29, 1.82) is 0 Å². The zero-order valence-electron chi connectivity index (χ0n) is 20.0. The number of aromatic nitrogens is 1. The molecule has 0 aromatic carbocycles. The molecule has 2 unspecified atom stereocenters. The lowest BCUT2D eigenvalue weighted by atomic mass is 9.50. The number of alkyl halides is 2. The first-order chi connectivity index (χ1) is 16.6. The molecule has 0 spiro atoms. The molecule has 6 fully saturated rings. The van der Waals surface area contributed by atoms with Crippen LogP contribution in [0.2, 0.25) is 0 Å². The fraction of sp³-hybridized carbons (Fsp3) is 0.769. The molecular weight excluding hydrogens is 472 g/mol. The molecule has 6 nitrogen and oxygen atoms in total. The fourth-order valence-electron chi connectivity index (χ4n) is 9.02. The van der Waals surface area contributed by atoms with E-state index in [2.05, 4.69) is 5.32 Å². The van der Waals surface area contributed by atoms with E-state index in [0.29, 0.717) is 37.2 Å². The Kier molecular flexibility index (Phi) is 4.59. The number of carbonyl (C=O) groups excluding carboxylic acids is 1. The molecule has 6 bridgehead atoms. The van der Waals surface area contributed by atoms with Crippen molar-refractivity contribution in [2.24, 2.45) is 5.92 Å². The predicted molar refractivity (Wildman–Crippen MR) is 128 cm³/mol. The van der Waals surface area contributed by atoms with Crippen LogP contribution in [0.15, 0.2) is 6.20 Å². The van der Waals surface area contributed by atoms with Gasteiger partial charge in [0.2, 0.25) is 0 Å². The first-order valence-electron chi connectivity index (χ1n) is 13.2. The number of hydrogen-bond donors (Lipinski definition) is 1. The van der Waals surface area contributed by atoms with Crippen LogP contribution in [-0.2, 0) is 9.84 Å². The number of nitrogens with one attached hydrogen (secondary N) is 1. The van der Waals surface area contributed by atoms with E-state index in [9.17, 15) is 13.2 Å². The third kappa shape index (κ3) is 3.54. The minimum atomic E-state index is -3.08. The quantitative estimate of drug-likeness (QED) is 0.664. The van der Waals surface area contributed by atoms with Crippen LogP contribution in [0.4, 0.5) is 14.6 Å². The van der Waals surface area contributed by atoms with Gasteiger partial charge in [0.05, 0.1) is 17.1 Å². The van der Waals surface area contributed by atoms with E-state index >= 15 is 8.78 Å². The number of anilines is 1. The average molecular weight is 506 g/mol. The van der Waals surface area contributed by atoms with Gasteiger partial charge in [0.25, 0.3) is 5.91 Å². The highest BCUT2D eigenvalue weighted by Gasteiger charge is 2.65. The highest BCUT2D eigenvalue weighted by atomic mass is 32.2. The van der Waals surface area contributed by atoms with Gasteiger partial charge in [0.15, 0.2) is 9.84 Å². The summed E-state index contributed by atoms with van der Waals surface area (Å²) in [7, 11) is -3.08. The minimum absolute atomic E-state index is 0.000298. The lowest BCUT2D eigenvalue weighted by molar-refractivity contribution is -0.137. The van der Waals surface area contributed by atoms with Crippen LogP contribution in [-0.4, -0.2) is 65.7 Å². The molecule has 5 saturated carbocycles. The van der Waals surface area contributed by atoms with E-state index in [-0.39, 0.29) is 48.8 Å². The number of amides is 1. The zero-order chi connectivity index (χ0) is 24.2. The molecule has 35 heavy (non-hydrogen) atoms. The Hall–Kier alpha value is -1.77. The number of rotatable bonds is 3. The van der Waals surface area contributed by atoms with Gasteiger partial charge in [-0.3, -0.25) is 4.79 Å². The molecule has 1 aliphatic heterocycles. The molecule has 190 valence electrons. The fourth-order valence-corrected chi connectivity index (χ4v) is 10.2. The predicted octanol–water partition coefficient (Wildman–Crippen LogP) is 4.27. The normalized spacial score (nSPS) is 42.7. The van der Waals surface area contributed by atoms with Crippen molar-refractivity contribution in [3.05, 3.63) is 22.9 Å². The number of halogens is 2. The van der Waals surface area contributed by atoms with E-state index in [1.807, 2.05) is 0 Å². The van der Waals surface area contributed by atoms with Gasteiger partial charge in [0, 0.05) is 49.7 Å². The summed E-state index contributed by atoms with van der Waals surface area (Å²) < 4.78 is 54.9. The topological polar surface area (TPSA) is 79.4 Å². The largest absolute Gasteiger partial charge is 0.364 e. The second-order valence-corrected chi connectivity index (χ2v) is 14.9. The van der Waals surface area contributed by atoms with E-state index in [4.69, 9.17) is 4.98 Å². The van der Waals surface area contributed by atoms with E-state index in [0.717, 1.165) is 49.0 Å². The van der Waals surface area contributed by atoms with E-state index < -0.39 is 26.7 Å². The number of carbonyl (C=O) groups is 1. The Bertz CT molecular complexity index is 1180.